The minimum Gasteiger partial charge on any atom is -0.324 e. The summed E-state index contributed by atoms with van der Waals surface area (Å²) < 4.78 is 48.4. The van der Waals surface area contributed by atoms with E-state index in [0.29, 0.717) is 25.3 Å². The van der Waals surface area contributed by atoms with E-state index < -0.39 is 19.7 Å². The lowest BCUT2D eigenvalue weighted by Gasteiger charge is -2.28. The van der Waals surface area contributed by atoms with Gasteiger partial charge in [0.05, 0.1) is 33.5 Å². The van der Waals surface area contributed by atoms with Gasteiger partial charge in [-0.3, -0.25) is 9.98 Å². The fourth-order valence-electron chi connectivity index (χ4n) is 4.44. The Bertz CT molecular complexity index is 1690. The SMILES string of the molecule is CS(=O)(=O)CCNCc1ccc(N2C=CC3C=NCC(=Nc4ccc(S(=O)(=O)c5ccccc5)cc4)C3=C2)cc1. The molecule has 0 aromatic heterocycles. The number of benzene rings is 3. The molecule has 0 amide bonds. The van der Waals surface area contributed by atoms with Crippen LogP contribution >= 0.6 is 0 Å². The van der Waals surface area contributed by atoms with E-state index in [1.807, 2.05) is 41.6 Å². The van der Waals surface area contributed by atoms with Gasteiger partial charge in [-0.15, -0.1) is 0 Å². The van der Waals surface area contributed by atoms with Gasteiger partial charge in [0.25, 0.3) is 0 Å². The highest BCUT2D eigenvalue weighted by Crippen LogP contribution is 2.29. The molecule has 1 atom stereocenters. The maximum atomic E-state index is 12.9. The van der Waals surface area contributed by atoms with Crippen LogP contribution in [0.2, 0.25) is 0 Å². The van der Waals surface area contributed by atoms with Crippen molar-refractivity contribution in [1.29, 1.82) is 0 Å². The first kappa shape index (κ1) is 27.7. The highest BCUT2D eigenvalue weighted by molar-refractivity contribution is 7.91. The number of aliphatic imine (C=N–C) groups is 2. The molecule has 0 spiro atoms. The van der Waals surface area contributed by atoms with Crippen molar-refractivity contribution in [2.24, 2.45) is 15.9 Å². The average molecular weight is 575 g/mol. The highest BCUT2D eigenvalue weighted by Gasteiger charge is 2.24. The Balaban J connectivity index is 1.31. The second-order valence-corrected chi connectivity index (χ2v) is 13.9. The van der Waals surface area contributed by atoms with Crippen LogP contribution in [0.4, 0.5) is 11.4 Å². The van der Waals surface area contributed by atoms with E-state index in [-0.39, 0.29) is 21.5 Å². The number of allylic oxidation sites excluding steroid dienone is 1. The highest BCUT2D eigenvalue weighted by atomic mass is 32.2. The summed E-state index contributed by atoms with van der Waals surface area (Å²) in [6.45, 7) is 1.44. The normalized spacial score (nSPS) is 18.0. The number of nitrogens with one attached hydrogen (secondary N) is 1. The molecule has 0 saturated carbocycles. The van der Waals surface area contributed by atoms with Crippen molar-refractivity contribution in [3.8, 4) is 0 Å². The molecule has 2 aliphatic heterocycles. The molecule has 3 aromatic carbocycles. The second kappa shape index (κ2) is 11.7. The monoisotopic (exact) mass is 574 g/mol. The number of hydrogen-bond acceptors (Lipinski definition) is 8. The number of fused-ring (bicyclic) bond motifs is 1. The van der Waals surface area contributed by atoms with E-state index in [1.54, 1.807) is 54.6 Å². The third-order valence-electron chi connectivity index (χ3n) is 6.61. The summed E-state index contributed by atoms with van der Waals surface area (Å²) in [7, 11) is -6.57. The van der Waals surface area contributed by atoms with Crippen LogP contribution in [-0.2, 0) is 26.2 Å². The summed E-state index contributed by atoms with van der Waals surface area (Å²) in [6.07, 6.45) is 9.29. The molecule has 206 valence electrons. The van der Waals surface area contributed by atoms with Crippen molar-refractivity contribution >= 4 is 43.0 Å². The molecule has 2 heterocycles. The summed E-state index contributed by atoms with van der Waals surface area (Å²) in [5, 5.41) is 3.16. The van der Waals surface area contributed by atoms with Gasteiger partial charge in [0, 0.05) is 55.1 Å². The van der Waals surface area contributed by atoms with Gasteiger partial charge in [0.2, 0.25) is 9.84 Å². The lowest BCUT2D eigenvalue weighted by Crippen LogP contribution is -2.27. The Morgan fingerprint density at radius 1 is 0.925 bits per heavy atom. The van der Waals surface area contributed by atoms with Crippen LogP contribution in [0.3, 0.4) is 0 Å². The summed E-state index contributed by atoms with van der Waals surface area (Å²) in [5.74, 6) is 0.127. The van der Waals surface area contributed by atoms with Crippen molar-refractivity contribution in [3.05, 3.63) is 108 Å². The number of anilines is 1. The fraction of sp³-hybridized carbons (Fsp3) is 0.200. The molecule has 0 fully saturated rings. The minimum atomic E-state index is -3.59. The molecule has 0 radical (unpaired) electrons. The summed E-state index contributed by atoms with van der Waals surface area (Å²) in [4.78, 5) is 11.8. The maximum absolute atomic E-state index is 12.9. The Labute approximate surface area is 235 Å². The molecule has 2 aliphatic rings. The Morgan fingerprint density at radius 3 is 2.33 bits per heavy atom. The van der Waals surface area contributed by atoms with Crippen LogP contribution in [0.15, 0.2) is 123 Å². The van der Waals surface area contributed by atoms with Gasteiger partial charge in [-0.2, -0.15) is 0 Å². The van der Waals surface area contributed by atoms with E-state index in [9.17, 15) is 16.8 Å². The zero-order chi connectivity index (χ0) is 28.2. The molecule has 0 saturated heterocycles. The van der Waals surface area contributed by atoms with Crippen LogP contribution < -0.4 is 10.2 Å². The van der Waals surface area contributed by atoms with Gasteiger partial charge in [-0.05, 0) is 54.1 Å². The fourth-order valence-corrected chi connectivity index (χ4v) is 6.23. The first-order valence-electron chi connectivity index (χ1n) is 12.8. The molecule has 1 unspecified atom stereocenters. The molecule has 5 rings (SSSR count). The van der Waals surface area contributed by atoms with Crippen LogP contribution in [0.25, 0.3) is 0 Å². The first-order valence-corrected chi connectivity index (χ1v) is 16.4. The van der Waals surface area contributed by atoms with Gasteiger partial charge >= 0.3 is 0 Å². The molecule has 0 bridgehead atoms. The smallest absolute Gasteiger partial charge is 0.206 e. The Kier molecular flexibility index (Phi) is 8.11. The molecular formula is C30H30N4O4S2. The van der Waals surface area contributed by atoms with Crippen LogP contribution in [-0.4, -0.2) is 53.9 Å². The predicted molar refractivity (Wildman–Crippen MR) is 160 cm³/mol. The van der Waals surface area contributed by atoms with Crippen molar-refractivity contribution < 1.29 is 16.8 Å². The maximum Gasteiger partial charge on any atom is 0.206 e. The number of nitrogens with zero attached hydrogens (tertiary/aromatic N) is 3. The van der Waals surface area contributed by atoms with Gasteiger partial charge in [-0.25, -0.2) is 16.8 Å². The van der Waals surface area contributed by atoms with Crippen LogP contribution in [0.1, 0.15) is 5.56 Å². The van der Waals surface area contributed by atoms with Crippen molar-refractivity contribution in [1.82, 2.24) is 5.32 Å². The van der Waals surface area contributed by atoms with Crippen molar-refractivity contribution in [2.45, 2.75) is 16.3 Å². The molecule has 10 heteroatoms. The second-order valence-electron chi connectivity index (χ2n) is 9.69. The average Bonchev–Trinajstić information content (AvgIpc) is 2.96. The van der Waals surface area contributed by atoms with Crippen molar-refractivity contribution in [3.63, 3.8) is 0 Å². The first-order chi connectivity index (χ1) is 19.2. The zero-order valence-electron chi connectivity index (χ0n) is 22.0. The van der Waals surface area contributed by atoms with E-state index >= 15 is 0 Å². The molecule has 3 aromatic rings. The van der Waals surface area contributed by atoms with E-state index in [1.165, 1.54) is 6.26 Å². The predicted octanol–water partition coefficient (Wildman–Crippen LogP) is 4.34. The van der Waals surface area contributed by atoms with Gasteiger partial charge in [0.15, 0.2) is 0 Å². The minimum absolute atomic E-state index is 0.0137. The van der Waals surface area contributed by atoms with Gasteiger partial charge in [0.1, 0.15) is 9.84 Å². The van der Waals surface area contributed by atoms with E-state index in [2.05, 4.69) is 22.6 Å². The largest absolute Gasteiger partial charge is 0.324 e. The topological polar surface area (TPSA) is 108 Å². The summed E-state index contributed by atoms with van der Waals surface area (Å²) in [6, 6.07) is 23.1. The third kappa shape index (κ3) is 6.64. The lowest BCUT2D eigenvalue weighted by atomic mass is 9.92. The van der Waals surface area contributed by atoms with Crippen LogP contribution in [0, 0.1) is 5.92 Å². The van der Waals surface area contributed by atoms with E-state index in [4.69, 9.17) is 4.99 Å². The Morgan fingerprint density at radius 2 is 1.62 bits per heavy atom. The summed E-state index contributed by atoms with van der Waals surface area (Å²) in [5.41, 5.74) is 4.57. The van der Waals surface area contributed by atoms with Crippen molar-refractivity contribution in [2.75, 3.05) is 30.0 Å². The third-order valence-corrected chi connectivity index (χ3v) is 9.34. The van der Waals surface area contributed by atoms with E-state index in [0.717, 1.165) is 22.5 Å². The van der Waals surface area contributed by atoms with Gasteiger partial charge in [-0.1, -0.05) is 36.4 Å². The molecule has 0 aliphatic carbocycles. The molecule has 40 heavy (non-hydrogen) atoms. The Hall–Kier alpha value is -3.86. The molecule has 8 nitrogen and oxygen atoms in total. The number of rotatable bonds is 9. The quantitative estimate of drug-likeness (QED) is 0.381. The zero-order valence-corrected chi connectivity index (χ0v) is 23.6. The summed E-state index contributed by atoms with van der Waals surface area (Å²) >= 11 is 0. The molecular weight excluding hydrogens is 544 g/mol. The number of sulfone groups is 2. The molecule has 1 N–H and O–H groups in total. The lowest BCUT2D eigenvalue weighted by molar-refractivity contribution is 0.594. The van der Waals surface area contributed by atoms with Crippen LogP contribution in [0.5, 0.6) is 0 Å². The standard InChI is InChI=1S/C30H30N4O4S2/c1-39(35,36)18-16-31-19-23-7-11-26(12-8-23)34-17-15-24-20-32-21-30(29(24)22-34)33-25-9-13-28(14-10-25)40(37,38)27-5-3-2-4-6-27/h2-15,17,20,22,24,31H,16,18-19,21H2,1H3. The van der Waals surface area contributed by atoms with Gasteiger partial charge < -0.3 is 10.2 Å². The number of hydrogen-bond donors (Lipinski definition) is 1.